The van der Waals surface area contributed by atoms with Crippen LogP contribution in [0.2, 0.25) is 0 Å². The lowest BCUT2D eigenvalue weighted by Gasteiger charge is -2.15. The van der Waals surface area contributed by atoms with E-state index in [1.54, 1.807) is 7.11 Å². The van der Waals surface area contributed by atoms with Crippen LogP contribution in [0.4, 0.5) is 0 Å². The molecule has 1 aromatic rings. The Labute approximate surface area is 101 Å². The molecule has 0 bridgehead atoms. The van der Waals surface area contributed by atoms with Crippen molar-refractivity contribution in [1.29, 1.82) is 0 Å². The molecule has 0 saturated heterocycles. The molecule has 1 atom stereocenters. The summed E-state index contributed by atoms with van der Waals surface area (Å²) >= 11 is 3.74. The summed E-state index contributed by atoms with van der Waals surface area (Å²) in [7, 11) is 1.70. The van der Waals surface area contributed by atoms with Gasteiger partial charge in [0.15, 0.2) is 0 Å². The van der Waals surface area contributed by atoms with E-state index in [2.05, 4.69) is 48.8 Å². The molecular weight excluding hydrogens is 252 g/mol. The summed E-state index contributed by atoms with van der Waals surface area (Å²) in [4.78, 5) is 0.448. The Morgan fingerprint density at radius 2 is 2.00 bits per heavy atom. The first-order chi connectivity index (χ1) is 7.04. The van der Waals surface area contributed by atoms with Crippen LogP contribution < -0.4 is 4.74 Å². The number of benzene rings is 1. The van der Waals surface area contributed by atoms with Crippen LogP contribution in [0, 0.1) is 12.8 Å². The summed E-state index contributed by atoms with van der Waals surface area (Å²) in [5.41, 5.74) is 2.65. The van der Waals surface area contributed by atoms with Gasteiger partial charge in [0, 0.05) is 4.83 Å². The molecule has 0 aromatic heterocycles. The third-order valence-electron chi connectivity index (χ3n) is 2.49. The summed E-state index contributed by atoms with van der Waals surface area (Å²) in [6.07, 6.45) is 1.16. The molecule has 0 saturated carbocycles. The molecule has 0 spiro atoms. The summed E-state index contributed by atoms with van der Waals surface area (Å²) in [5, 5.41) is 0. The second kappa shape index (κ2) is 5.55. The van der Waals surface area contributed by atoms with E-state index in [-0.39, 0.29) is 0 Å². The molecule has 0 fully saturated rings. The minimum absolute atomic E-state index is 0.448. The van der Waals surface area contributed by atoms with E-state index in [4.69, 9.17) is 4.74 Å². The maximum absolute atomic E-state index is 5.20. The average molecular weight is 271 g/mol. The smallest absolute Gasteiger partial charge is 0.119 e. The highest BCUT2D eigenvalue weighted by Crippen LogP contribution is 2.33. The summed E-state index contributed by atoms with van der Waals surface area (Å²) < 4.78 is 5.20. The first-order valence-electron chi connectivity index (χ1n) is 5.33. The van der Waals surface area contributed by atoms with Crippen molar-refractivity contribution in [2.24, 2.45) is 5.92 Å². The van der Waals surface area contributed by atoms with Crippen LogP contribution in [0.25, 0.3) is 0 Å². The molecule has 0 aliphatic carbocycles. The summed E-state index contributed by atoms with van der Waals surface area (Å²) in [6.45, 7) is 6.62. The predicted molar refractivity (Wildman–Crippen MR) is 68.9 cm³/mol. The van der Waals surface area contributed by atoms with E-state index in [1.165, 1.54) is 11.1 Å². The molecule has 1 nitrogen and oxygen atoms in total. The third-order valence-corrected chi connectivity index (χ3v) is 3.36. The maximum Gasteiger partial charge on any atom is 0.119 e. The van der Waals surface area contributed by atoms with Gasteiger partial charge in [-0.15, -0.1) is 0 Å². The number of aryl methyl sites for hydroxylation is 1. The molecule has 0 amide bonds. The number of methoxy groups -OCH3 is 1. The quantitative estimate of drug-likeness (QED) is 0.733. The Morgan fingerprint density at radius 3 is 2.47 bits per heavy atom. The highest BCUT2D eigenvalue weighted by Gasteiger charge is 2.12. The van der Waals surface area contributed by atoms with Crippen molar-refractivity contribution in [3.63, 3.8) is 0 Å². The van der Waals surface area contributed by atoms with Crippen LogP contribution in [-0.4, -0.2) is 7.11 Å². The van der Waals surface area contributed by atoms with Gasteiger partial charge in [0.2, 0.25) is 0 Å². The number of hydrogen-bond donors (Lipinski definition) is 0. The monoisotopic (exact) mass is 270 g/mol. The van der Waals surface area contributed by atoms with E-state index in [0.717, 1.165) is 12.2 Å². The number of ether oxygens (including phenoxy) is 1. The zero-order valence-corrected chi connectivity index (χ0v) is 11.5. The van der Waals surface area contributed by atoms with Gasteiger partial charge >= 0.3 is 0 Å². The first-order valence-corrected chi connectivity index (χ1v) is 6.24. The maximum atomic E-state index is 5.20. The number of halogens is 1. The van der Waals surface area contributed by atoms with Crippen LogP contribution >= 0.6 is 15.9 Å². The second-order valence-corrected chi connectivity index (χ2v) is 5.42. The molecule has 84 valence electrons. The predicted octanol–water partition coefficient (Wildman–Crippen LogP) is 4.49. The van der Waals surface area contributed by atoms with Crippen LogP contribution in [0.1, 0.15) is 36.2 Å². The summed E-state index contributed by atoms with van der Waals surface area (Å²) in [6, 6.07) is 6.26. The highest BCUT2D eigenvalue weighted by molar-refractivity contribution is 9.09. The van der Waals surface area contributed by atoms with Gasteiger partial charge in [-0.1, -0.05) is 35.8 Å². The van der Waals surface area contributed by atoms with Crippen LogP contribution in [-0.2, 0) is 0 Å². The van der Waals surface area contributed by atoms with E-state index < -0.39 is 0 Å². The van der Waals surface area contributed by atoms with Crippen molar-refractivity contribution in [3.8, 4) is 5.75 Å². The molecule has 1 rings (SSSR count). The van der Waals surface area contributed by atoms with Gasteiger partial charge in [-0.25, -0.2) is 0 Å². The van der Waals surface area contributed by atoms with Crippen molar-refractivity contribution >= 4 is 15.9 Å². The largest absolute Gasteiger partial charge is 0.497 e. The van der Waals surface area contributed by atoms with Crippen molar-refractivity contribution in [2.75, 3.05) is 7.11 Å². The second-order valence-electron chi connectivity index (χ2n) is 4.32. The zero-order valence-electron chi connectivity index (χ0n) is 9.88. The van der Waals surface area contributed by atoms with Gasteiger partial charge in [0.25, 0.3) is 0 Å². The molecule has 0 heterocycles. The van der Waals surface area contributed by atoms with Gasteiger partial charge in [-0.3, -0.25) is 0 Å². The molecular formula is C13H19BrO. The Bertz CT molecular complexity index is 320. The highest BCUT2D eigenvalue weighted by atomic mass is 79.9. The number of hydrogen-bond acceptors (Lipinski definition) is 1. The molecule has 1 aromatic carbocycles. The van der Waals surface area contributed by atoms with Crippen molar-refractivity contribution < 1.29 is 4.74 Å². The van der Waals surface area contributed by atoms with Crippen LogP contribution in [0.5, 0.6) is 5.75 Å². The number of rotatable bonds is 4. The molecule has 0 aliphatic rings. The molecule has 15 heavy (non-hydrogen) atoms. The minimum Gasteiger partial charge on any atom is -0.497 e. The lowest BCUT2D eigenvalue weighted by atomic mass is 9.99. The van der Waals surface area contributed by atoms with Gasteiger partial charge in [-0.05, 0) is 42.5 Å². The fraction of sp³-hybridized carbons (Fsp3) is 0.538. The molecule has 2 heteroatoms. The van der Waals surface area contributed by atoms with E-state index in [0.29, 0.717) is 10.7 Å². The SMILES string of the molecule is COc1ccc(C(Br)CC(C)C)c(C)c1. The zero-order chi connectivity index (χ0) is 11.4. The Kier molecular flexibility index (Phi) is 4.65. The lowest BCUT2D eigenvalue weighted by Crippen LogP contribution is -1.98. The molecule has 1 unspecified atom stereocenters. The standard InChI is InChI=1S/C13H19BrO/c1-9(2)7-13(14)12-6-5-11(15-4)8-10(12)3/h5-6,8-9,13H,7H2,1-4H3. The first kappa shape index (κ1) is 12.6. The minimum atomic E-state index is 0.448. The van der Waals surface area contributed by atoms with Crippen molar-refractivity contribution in [3.05, 3.63) is 29.3 Å². The van der Waals surface area contributed by atoms with Crippen molar-refractivity contribution in [1.82, 2.24) is 0 Å². The number of alkyl halides is 1. The Hall–Kier alpha value is -0.500. The molecule has 0 radical (unpaired) electrons. The lowest BCUT2D eigenvalue weighted by molar-refractivity contribution is 0.414. The average Bonchev–Trinajstić information content (AvgIpc) is 2.16. The topological polar surface area (TPSA) is 9.23 Å². The fourth-order valence-corrected chi connectivity index (χ4v) is 2.93. The normalized spacial score (nSPS) is 12.9. The molecule has 0 aliphatic heterocycles. The van der Waals surface area contributed by atoms with E-state index >= 15 is 0 Å². The van der Waals surface area contributed by atoms with Gasteiger partial charge in [0.05, 0.1) is 7.11 Å². The van der Waals surface area contributed by atoms with Gasteiger partial charge in [-0.2, -0.15) is 0 Å². The molecule has 0 N–H and O–H groups in total. The van der Waals surface area contributed by atoms with Crippen molar-refractivity contribution in [2.45, 2.75) is 32.0 Å². The van der Waals surface area contributed by atoms with Gasteiger partial charge in [0.1, 0.15) is 5.75 Å². The Balaban J connectivity index is 2.85. The van der Waals surface area contributed by atoms with Gasteiger partial charge < -0.3 is 4.74 Å². The van der Waals surface area contributed by atoms with E-state index in [9.17, 15) is 0 Å². The van der Waals surface area contributed by atoms with Crippen LogP contribution in [0.15, 0.2) is 18.2 Å². The summed E-state index contributed by atoms with van der Waals surface area (Å²) in [5.74, 6) is 1.64. The van der Waals surface area contributed by atoms with Crippen LogP contribution in [0.3, 0.4) is 0 Å². The third kappa shape index (κ3) is 3.53. The van der Waals surface area contributed by atoms with E-state index in [1.807, 2.05) is 6.07 Å². The Morgan fingerprint density at radius 1 is 1.33 bits per heavy atom. The fourth-order valence-electron chi connectivity index (χ4n) is 1.67.